The summed E-state index contributed by atoms with van der Waals surface area (Å²) in [5, 5.41) is 17.0. The lowest BCUT2D eigenvalue weighted by atomic mass is 9.98. The minimum atomic E-state index is -3.77. The smallest absolute Gasteiger partial charge is 0.208 e. The van der Waals surface area contributed by atoms with Gasteiger partial charge in [-0.25, -0.2) is 8.42 Å². The van der Waals surface area contributed by atoms with Gasteiger partial charge in [0.15, 0.2) is 0 Å². The van der Waals surface area contributed by atoms with Crippen LogP contribution in [0.2, 0.25) is 0 Å². The lowest BCUT2D eigenvalue weighted by Crippen LogP contribution is -2.08. The van der Waals surface area contributed by atoms with Crippen molar-refractivity contribution in [2.45, 2.75) is 35.0 Å². The summed E-state index contributed by atoms with van der Waals surface area (Å²) in [4.78, 5) is 0.792. The molecule has 154 valence electrons. The molecule has 29 heavy (non-hydrogen) atoms. The first-order valence-electron chi connectivity index (χ1n) is 8.36. The molecule has 0 radical (unpaired) electrons. The van der Waals surface area contributed by atoms with Crippen molar-refractivity contribution in [3.05, 3.63) is 64.5 Å². The van der Waals surface area contributed by atoms with Gasteiger partial charge in [0, 0.05) is 0 Å². The van der Waals surface area contributed by atoms with E-state index in [1.165, 1.54) is 29.2 Å². The summed E-state index contributed by atoms with van der Waals surface area (Å²) in [6.45, 7) is 1.87. The van der Waals surface area contributed by atoms with Crippen LogP contribution in [-0.2, 0) is 16.4 Å². The zero-order valence-corrected chi connectivity index (χ0v) is 17.8. The highest BCUT2D eigenvalue weighted by atomic mass is 32.2. The molecule has 3 aromatic rings. The number of benzene rings is 2. The largest absolute Gasteiger partial charge is 0.392 e. The topological polar surface area (TPSA) is 104 Å². The highest BCUT2D eigenvalue weighted by Crippen LogP contribution is 2.37. The summed E-state index contributed by atoms with van der Waals surface area (Å²) < 4.78 is 27.2. The van der Waals surface area contributed by atoms with Crippen molar-refractivity contribution in [3.8, 4) is 11.1 Å². The van der Waals surface area contributed by atoms with Crippen LogP contribution in [0, 0.1) is 12.3 Å². The molecule has 0 bridgehead atoms. The SMILES string of the molecule is C.CSc1sc(C(=N)N)cc1S(=O)(=O)c1cccc(-c2cc(CO)ccc2C)c1. The molecule has 0 aliphatic heterocycles. The molecule has 5 nitrogen and oxygen atoms in total. The van der Waals surface area contributed by atoms with E-state index < -0.39 is 9.84 Å². The van der Waals surface area contributed by atoms with Crippen molar-refractivity contribution in [2.75, 3.05) is 6.26 Å². The predicted octanol–water partition coefficient (Wildman–Crippen LogP) is 4.69. The third-order valence-corrected chi connectivity index (χ3v) is 8.68. The van der Waals surface area contributed by atoms with Gasteiger partial charge in [0.05, 0.1) is 25.5 Å². The van der Waals surface area contributed by atoms with Crippen LogP contribution >= 0.6 is 23.1 Å². The van der Waals surface area contributed by atoms with Crippen molar-refractivity contribution >= 4 is 38.8 Å². The second-order valence-electron chi connectivity index (χ2n) is 6.22. The normalized spacial score (nSPS) is 11.1. The highest BCUT2D eigenvalue weighted by Gasteiger charge is 2.25. The second kappa shape index (κ2) is 9.13. The molecule has 2 aromatic carbocycles. The van der Waals surface area contributed by atoms with E-state index in [1.54, 1.807) is 24.5 Å². The first-order chi connectivity index (χ1) is 13.3. The van der Waals surface area contributed by atoms with Crippen molar-refractivity contribution in [2.24, 2.45) is 5.73 Å². The third-order valence-electron chi connectivity index (χ3n) is 4.35. The number of thioether (sulfide) groups is 1. The van der Waals surface area contributed by atoms with Crippen LogP contribution in [0.3, 0.4) is 0 Å². The van der Waals surface area contributed by atoms with Gasteiger partial charge in [0.25, 0.3) is 0 Å². The van der Waals surface area contributed by atoms with Crippen LogP contribution in [0.15, 0.2) is 62.5 Å². The number of aryl methyl sites for hydroxylation is 1. The zero-order valence-electron chi connectivity index (χ0n) is 15.4. The van der Waals surface area contributed by atoms with Gasteiger partial charge >= 0.3 is 0 Å². The van der Waals surface area contributed by atoms with Crippen LogP contribution in [0.1, 0.15) is 23.4 Å². The number of rotatable bonds is 6. The van der Waals surface area contributed by atoms with E-state index in [-0.39, 0.29) is 29.7 Å². The van der Waals surface area contributed by atoms with E-state index in [1.807, 2.05) is 31.2 Å². The summed E-state index contributed by atoms with van der Waals surface area (Å²) in [6.07, 6.45) is 1.80. The van der Waals surface area contributed by atoms with Crippen LogP contribution in [0.4, 0.5) is 0 Å². The van der Waals surface area contributed by atoms with Gasteiger partial charge in [-0.2, -0.15) is 0 Å². The van der Waals surface area contributed by atoms with Crippen molar-refractivity contribution in [1.29, 1.82) is 5.41 Å². The average Bonchev–Trinajstić information content (AvgIpc) is 3.14. The lowest BCUT2D eigenvalue weighted by molar-refractivity contribution is 0.282. The van der Waals surface area contributed by atoms with E-state index in [2.05, 4.69) is 0 Å². The minimum Gasteiger partial charge on any atom is -0.392 e. The number of aliphatic hydroxyl groups excluding tert-OH is 1. The predicted molar refractivity (Wildman–Crippen MR) is 122 cm³/mol. The van der Waals surface area contributed by atoms with Crippen LogP contribution in [-0.4, -0.2) is 25.6 Å². The number of sulfone groups is 1. The average molecular weight is 449 g/mol. The van der Waals surface area contributed by atoms with Crippen molar-refractivity contribution in [1.82, 2.24) is 0 Å². The Morgan fingerprint density at radius 1 is 1.21 bits per heavy atom. The standard InChI is InChI=1S/C20H20N2O3S3.CH4/c1-12-6-7-13(11-23)8-16(12)14-4-3-5-15(9-14)28(24,25)18-10-17(19(21)22)27-20(18)26-2;/h3-10,23H,11H2,1-2H3,(H3,21,22);1H4. The molecule has 0 atom stereocenters. The molecule has 0 aliphatic rings. The Morgan fingerprint density at radius 3 is 2.55 bits per heavy atom. The summed E-state index contributed by atoms with van der Waals surface area (Å²) in [6, 6.07) is 13.9. The van der Waals surface area contributed by atoms with Gasteiger partial charge in [0.2, 0.25) is 9.84 Å². The molecule has 0 saturated heterocycles. The Labute approximate surface area is 180 Å². The Balaban J connectivity index is 0.00000300. The molecule has 4 N–H and O–H groups in total. The fourth-order valence-electron chi connectivity index (χ4n) is 2.86. The number of nitrogen functional groups attached to an aromatic ring is 1. The molecule has 0 saturated carbocycles. The maximum absolute atomic E-state index is 13.3. The maximum atomic E-state index is 13.3. The number of hydrogen-bond acceptors (Lipinski definition) is 6. The molecule has 3 rings (SSSR count). The number of aliphatic hydroxyl groups is 1. The van der Waals surface area contributed by atoms with Gasteiger partial charge in [-0.05, 0) is 59.7 Å². The Hall–Kier alpha value is -2.13. The summed E-state index contributed by atoms with van der Waals surface area (Å²) in [7, 11) is -3.77. The Bertz CT molecular complexity index is 1150. The monoisotopic (exact) mass is 448 g/mol. The van der Waals surface area contributed by atoms with Crippen molar-refractivity contribution in [3.63, 3.8) is 0 Å². The van der Waals surface area contributed by atoms with E-state index in [0.717, 1.165) is 22.3 Å². The first-order valence-corrected chi connectivity index (χ1v) is 11.9. The molecule has 0 fully saturated rings. The van der Waals surface area contributed by atoms with Gasteiger partial charge in [-0.3, -0.25) is 5.41 Å². The van der Waals surface area contributed by atoms with E-state index in [4.69, 9.17) is 11.1 Å². The molecule has 0 unspecified atom stereocenters. The third kappa shape index (κ3) is 4.56. The van der Waals surface area contributed by atoms with Gasteiger partial charge in [-0.1, -0.05) is 31.7 Å². The van der Waals surface area contributed by atoms with Gasteiger partial charge in [0.1, 0.15) is 5.84 Å². The molecular weight excluding hydrogens is 424 g/mol. The lowest BCUT2D eigenvalue weighted by Gasteiger charge is -2.11. The van der Waals surface area contributed by atoms with Gasteiger partial charge in [-0.15, -0.1) is 23.1 Å². The molecule has 0 amide bonds. The molecule has 1 aromatic heterocycles. The fourth-order valence-corrected chi connectivity index (χ4v) is 6.76. The second-order valence-corrected chi connectivity index (χ2v) is 10.3. The molecule has 0 aliphatic carbocycles. The summed E-state index contributed by atoms with van der Waals surface area (Å²) >= 11 is 2.53. The van der Waals surface area contributed by atoms with Crippen molar-refractivity contribution < 1.29 is 13.5 Å². The van der Waals surface area contributed by atoms with E-state index >= 15 is 0 Å². The molecule has 8 heteroatoms. The number of nitrogens with one attached hydrogen (secondary N) is 1. The maximum Gasteiger partial charge on any atom is 0.208 e. The summed E-state index contributed by atoms with van der Waals surface area (Å²) in [5.41, 5.74) is 8.95. The molecule has 1 heterocycles. The highest BCUT2D eigenvalue weighted by molar-refractivity contribution is 8.01. The molecule has 0 spiro atoms. The minimum absolute atomic E-state index is 0. The number of thiophene rings is 1. The first kappa shape index (κ1) is 23.2. The Morgan fingerprint density at radius 2 is 1.93 bits per heavy atom. The number of nitrogens with two attached hydrogens (primary N) is 1. The van der Waals surface area contributed by atoms with Crippen LogP contribution < -0.4 is 5.73 Å². The van der Waals surface area contributed by atoms with Crippen LogP contribution in [0.25, 0.3) is 11.1 Å². The van der Waals surface area contributed by atoms with E-state index in [9.17, 15) is 13.5 Å². The number of amidine groups is 1. The quantitative estimate of drug-likeness (QED) is 0.288. The Kier molecular flexibility index (Phi) is 7.29. The van der Waals surface area contributed by atoms with Gasteiger partial charge < -0.3 is 10.8 Å². The summed E-state index contributed by atoms with van der Waals surface area (Å²) in [5.74, 6) is -0.146. The van der Waals surface area contributed by atoms with E-state index in [0.29, 0.717) is 9.09 Å². The molecular formula is C21H24N2O3S3. The number of hydrogen-bond donors (Lipinski definition) is 3. The zero-order chi connectivity index (χ0) is 20.5. The van der Waals surface area contributed by atoms with Crippen LogP contribution in [0.5, 0.6) is 0 Å². The fraction of sp³-hybridized carbons (Fsp3) is 0.190.